The second kappa shape index (κ2) is 9.05. The number of Topliss-reactive ketones (excluding diaryl/α,β-unsaturated/α-hetero) is 1. The third-order valence-corrected chi connectivity index (χ3v) is 3.90. The predicted octanol–water partition coefficient (Wildman–Crippen LogP) is 2.06. The lowest BCUT2D eigenvalue weighted by molar-refractivity contribution is -0.137. The van der Waals surface area contributed by atoms with Crippen LogP contribution in [0.4, 0.5) is 4.39 Å². The molecule has 0 spiro atoms. The molecule has 0 saturated heterocycles. The molecule has 26 heavy (non-hydrogen) atoms. The zero-order chi connectivity index (χ0) is 19.1. The number of carbonyl (C=O) groups excluding carboxylic acids is 2. The molecular weight excluding hydrogens is 361 g/mol. The quantitative estimate of drug-likeness (QED) is 0.579. The SMILES string of the molecule is C=C(N)NCCc1ccoc1CNC(=O)C(=O)Cc1ccc(Cl)c(F)c1. The number of ketones is 1. The Balaban J connectivity index is 1.86. The van der Waals surface area contributed by atoms with Crippen molar-refractivity contribution in [2.75, 3.05) is 6.54 Å². The van der Waals surface area contributed by atoms with E-state index in [0.29, 0.717) is 30.1 Å². The van der Waals surface area contributed by atoms with Crippen LogP contribution in [0.25, 0.3) is 0 Å². The molecule has 0 atom stereocenters. The molecule has 1 aromatic carbocycles. The monoisotopic (exact) mass is 379 g/mol. The first kappa shape index (κ1) is 19.5. The molecule has 0 aliphatic rings. The molecular formula is C18H19ClFN3O3. The predicted molar refractivity (Wildman–Crippen MR) is 95.7 cm³/mol. The lowest BCUT2D eigenvalue weighted by Gasteiger charge is -2.07. The first-order valence-corrected chi connectivity index (χ1v) is 8.23. The van der Waals surface area contributed by atoms with Gasteiger partial charge in [-0.2, -0.15) is 0 Å². The third kappa shape index (κ3) is 5.63. The van der Waals surface area contributed by atoms with Gasteiger partial charge in [0.15, 0.2) is 0 Å². The van der Waals surface area contributed by atoms with Crippen molar-refractivity contribution >= 4 is 23.3 Å². The Labute approximate surface area is 155 Å². The zero-order valence-electron chi connectivity index (χ0n) is 14.0. The van der Waals surface area contributed by atoms with Gasteiger partial charge in [-0.15, -0.1) is 0 Å². The molecule has 8 heteroatoms. The van der Waals surface area contributed by atoms with Gasteiger partial charge in [0.25, 0.3) is 5.91 Å². The maximum Gasteiger partial charge on any atom is 0.288 e. The fourth-order valence-corrected chi connectivity index (χ4v) is 2.39. The molecule has 4 N–H and O–H groups in total. The maximum atomic E-state index is 13.4. The summed E-state index contributed by atoms with van der Waals surface area (Å²) in [5.41, 5.74) is 6.68. The minimum Gasteiger partial charge on any atom is -0.467 e. The summed E-state index contributed by atoms with van der Waals surface area (Å²) in [5, 5.41) is 5.36. The van der Waals surface area contributed by atoms with Crippen LogP contribution in [0.3, 0.4) is 0 Å². The molecule has 0 fully saturated rings. The number of halogens is 2. The Morgan fingerprint density at radius 2 is 2.04 bits per heavy atom. The van der Waals surface area contributed by atoms with Crippen molar-refractivity contribution in [1.82, 2.24) is 10.6 Å². The van der Waals surface area contributed by atoms with Crippen molar-refractivity contribution in [2.24, 2.45) is 5.73 Å². The van der Waals surface area contributed by atoms with Crippen LogP contribution in [0, 0.1) is 5.82 Å². The van der Waals surface area contributed by atoms with Crippen LogP contribution in [0.1, 0.15) is 16.9 Å². The summed E-state index contributed by atoms with van der Waals surface area (Å²) < 4.78 is 18.7. The van der Waals surface area contributed by atoms with E-state index >= 15 is 0 Å². The third-order valence-electron chi connectivity index (χ3n) is 3.60. The molecule has 1 amide bonds. The molecule has 138 valence electrons. The van der Waals surface area contributed by atoms with Crippen LogP contribution >= 0.6 is 11.6 Å². The van der Waals surface area contributed by atoms with Crippen LogP contribution in [-0.4, -0.2) is 18.2 Å². The highest BCUT2D eigenvalue weighted by atomic mass is 35.5. The van der Waals surface area contributed by atoms with Gasteiger partial charge in [0, 0.05) is 13.0 Å². The van der Waals surface area contributed by atoms with E-state index in [-0.39, 0.29) is 18.0 Å². The van der Waals surface area contributed by atoms with Crippen LogP contribution in [0.15, 0.2) is 47.3 Å². The van der Waals surface area contributed by atoms with Gasteiger partial charge >= 0.3 is 0 Å². The number of nitrogens with two attached hydrogens (primary N) is 1. The van der Waals surface area contributed by atoms with Gasteiger partial charge in [-0.1, -0.05) is 24.2 Å². The lowest BCUT2D eigenvalue weighted by Crippen LogP contribution is -2.32. The van der Waals surface area contributed by atoms with Gasteiger partial charge in [-0.05, 0) is 35.7 Å². The van der Waals surface area contributed by atoms with Crippen molar-refractivity contribution in [3.63, 3.8) is 0 Å². The minimum atomic E-state index is -0.767. The van der Waals surface area contributed by atoms with E-state index in [1.165, 1.54) is 18.4 Å². The Morgan fingerprint density at radius 3 is 2.73 bits per heavy atom. The Morgan fingerprint density at radius 1 is 1.27 bits per heavy atom. The molecule has 0 aliphatic heterocycles. The lowest BCUT2D eigenvalue weighted by atomic mass is 10.1. The summed E-state index contributed by atoms with van der Waals surface area (Å²) in [6.07, 6.45) is 1.91. The van der Waals surface area contributed by atoms with Gasteiger partial charge < -0.3 is 20.8 Å². The van der Waals surface area contributed by atoms with Crippen molar-refractivity contribution < 1.29 is 18.4 Å². The van der Waals surface area contributed by atoms with Crippen molar-refractivity contribution in [3.8, 4) is 0 Å². The number of hydrogen-bond acceptors (Lipinski definition) is 5. The Bertz CT molecular complexity index is 820. The van der Waals surface area contributed by atoms with Gasteiger partial charge in [0.1, 0.15) is 11.6 Å². The molecule has 2 aromatic rings. The number of amides is 1. The van der Waals surface area contributed by atoms with E-state index in [1.807, 2.05) is 0 Å². The molecule has 0 aliphatic carbocycles. The molecule has 0 unspecified atom stereocenters. The van der Waals surface area contributed by atoms with Crippen molar-refractivity contribution in [1.29, 1.82) is 0 Å². The first-order valence-electron chi connectivity index (χ1n) is 7.85. The molecule has 2 rings (SSSR count). The summed E-state index contributed by atoms with van der Waals surface area (Å²) in [6.45, 7) is 4.18. The van der Waals surface area contributed by atoms with Crippen LogP contribution in [0.2, 0.25) is 5.02 Å². The number of benzene rings is 1. The van der Waals surface area contributed by atoms with Crippen molar-refractivity contribution in [3.05, 3.63) is 70.7 Å². The summed E-state index contributed by atoms with van der Waals surface area (Å²) in [7, 11) is 0. The summed E-state index contributed by atoms with van der Waals surface area (Å²) in [6, 6.07) is 5.76. The Kier molecular flexibility index (Phi) is 6.80. The molecule has 0 radical (unpaired) electrons. The second-order valence-electron chi connectivity index (χ2n) is 5.60. The number of carbonyl (C=O) groups is 2. The van der Waals surface area contributed by atoms with Crippen LogP contribution < -0.4 is 16.4 Å². The minimum absolute atomic E-state index is 0.0382. The van der Waals surface area contributed by atoms with Gasteiger partial charge in [-0.3, -0.25) is 9.59 Å². The van der Waals surface area contributed by atoms with E-state index in [9.17, 15) is 14.0 Å². The Hall–Kier alpha value is -2.80. The van der Waals surface area contributed by atoms with Crippen LogP contribution in [0.5, 0.6) is 0 Å². The summed E-state index contributed by atoms with van der Waals surface area (Å²) in [5.74, 6) is -1.16. The van der Waals surface area contributed by atoms with E-state index < -0.39 is 17.5 Å². The molecule has 6 nitrogen and oxygen atoms in total. The fraction of sp³-hybridized carbons (Fsp3) is 0.222. The summed E-state index contributed by atoms with van der Waals surface area (Å²) in [4.78, 5) is 23.9. The molecule has 1 heterocycles. The standard InChI is InChI=1S/C18H19ClFN3O3/c1-11(21)22-6-4-13-5-7-26-17(13)10-23-18(25)16(24)9-12-2-3-14(19)15(20)8-12/h2-3,5,7-8,22H,1,4,6,9-10,21H2,(H,23,25). The van der Waals surface area contributed by atoms with Gasteiger partial charge in [0.2, 0.25) is 5.78 Å². The maximum absolute atomic E-state index is 13.4. The zero-order valence-corrected chi connectivity index (χ0v) is 14.7. The first-order chi connectivity index (χ1) is 12.4. The second-order valence-corrected chi connectivity index (χ2v) is 6.01. The molecule has 0 saturated carbocycles. The van der Waals surface area contributed by atoms with Crippen molar-refractivity contribution in [2.45, 2.75) is 19.4 Å². The van der Waals surface area contributed by atoms with Crippen LogP contribution in [-0.2, 0) is 29.0 Å². The fourth-order valence-electron chi connectivity index (χ4n) is 2.28. The average molecular weight is 380 g/mol. The molecule has 1 aromatic heterocycles. The largest absolute Gasteiger partial charge is 0.467 e. The number of furan rings is 1. The van der Waals surface area contributed by atoms with Gasteiger partial charge in [-0.25, -0.2) is 4.39 Å². The van der Waals surface area contributed by atoms with E-state index in [4.69, 9.17) is 21.8 Å². The number of nitrogens with one attached hydrogen (secondary N) is 2. The normalized spacial score (nSPS) is 10.4. The highest BCUT2D eigenvalue weighted by molar-refractivity contribution is 6.36. The highest BCUT2D eigenvalue weighted by Crippen LogP contribution is 2.16. The number of hydrogen-bond donors (Lipinski definition) is 3. The smallest absolute Gasteiger partial charge is 0.288 e. The topological polar surface area (TPSA) is 97.4 Å². The van der Waals surface area contributed by atoms with E-state index in [1.54, 1.807) is 6.07 Å². The van der Waals surface area contributed by atoms with Gasteiger partial charge in [0.05, 0.1) is 23.7 Å². The summed E-state index contributed by atoms with van der Waals surface area (Å²) >= 11 is 5.59. The van der Waals surface area contributed by atoms with E-state index in [0.717, 1.165) is 11.6 Å². The van der Waals surface area contributed by atoms with E-state index in [2.05, 4.69) is 17.2 Å². The highest BCUT2D eigenvalue weighted by Gasteiger charge is 2.16. The molecule has 0 bridgehead atoms. The number of rotatable bonds is 9. The average Bonchev–Trinajstić information content (AvgIpc) is 3.03.